The summed E-state index contributed by atoms with van der Waals surface area (Å²) in [4.78, 5) is 15.4. The normalized spacial score (nSPS) is 16.3. The minimum absolute atomic E-state index is 0.313. The first-order valence-electron chi connectivity index (χ1n) is 4.23. The molecule has 0 aliphatic carbocycles. The van der Waals surface area contributed by atoms with Crippen LogP contribution in [0.5, 0.6) is 0 Å². The van der Waals surface area contributed by atoms with Crippen LogP contribution in [-0.4, -0.2) is 15.3 Å². The quantitative estimate of drug-likeness (QED) is 0.573. The highest BCUT2D eigenvalue weighted by atomic mass is 16.1. The van der Waals surface area contributed by atoms with E-state index in [1.54, 1.807) is 0 Å². The van der Waals surface area contributed by atoms with Gasteiger partial charge in [0.25, 0.3) is 0 Å². The SMILES string of the molecule is Cc1nc2n(c1C)CCC(=O)C2. The number of imidazole rings is 1. The second-order valence-corrected chi connectivity index (χ2v) is 3.32. The molecule has 1 aromatic heterocycles. The van der Waals surface area contributed by atoms with Gasteiger partial charge in [-0.2, -0.15) is 0 Å². The van der Waals surface area contributed by atoms with Crippen molar-refractivity contribution in [3.05, 3.63) is 17.2 Å². The lowest BCUT2D eigenvalue weighted by molar-refractivity contribution is -0.119. The first-order chi connectivity index (χ1) is 5.68. The van der Waals surface area contributed by atoms with E-state index in [1.165, 1.54) is 5.69 Å². The van der Waals surface area contributed by atoms with Gasteiger partial charge in [-0.15, -0.1) is 0 Å². The molecule has 0 fully saturated rings. The molecular weight excluding hydrogens is 152 g/mol. The summed E-state index contributed by atoms with van der Waals surface area (Å²) in [5.41, 5.74) is 2.26. The fourth-order valence-electron chi connectivity index (χ4n) is 1.66. The number of rotatable bonds is 0. The molecule has 2 rings (SSSR count). The first-order valence-corrected chi connectivity index (χ1v) is 4.23. The lowest BCUT2D eigenvalue weighted by atomic mass is 10.1. The largest absolute Gasteiger partial charge is 0.331 e. The van der Waals surface area contributed by atoms with Crippen molar-refractivity contribution in [3.63, 3.8) is 0 Å². The van der Waals surface area contributed by atoms with Crippen molar-refractivity contribution in [2.45, 2.75) is 33.2 Å². The Labute approximate surface area is 71.4 Å². The highest BCUT2D eigenvalue weighted by molar-refractivity contribution is 5.81. The molecule has 0 amide bonds. The number of carbonyl (C=O) groups is 1. The third-order valence-corrected chi connectivity index (χ3v) is 2.51. The minimum atomic E-state index is 0.313. The van der Waals surface area contributed by atoms with E-state index in [0.29, 0.717) is 18.6 Å². The molecule has 0 atom stereocenters. The Balaban J connectivity index is 2.49. The van der Waals surface area contributed by atoms with Crippen LogP contribution >= 0.6 is 0 Å². The second kappa shape index (κ2) is 2.44. The summed E-state index contributed by atoms with van der Waals surface area (Å²) in [7, 11) is 0. The lowest BCUT2D eigenvalue weighted by Crippen LogP contribution is -2.19. The first kappa shape index (κ1) is 7.53. The highest BCUT2D eigenvalue weighted by Crippen LogP contribution is 2.16. The molecule has 0 radical (unpaired) electrons. The topological polar surface area (TPSA) is 34.9 Å². The van der Waals surface area contributed by atoms with Crippen molar-refractivity contribution in [2.75, 3.05) is 0 Å². The molecule has 1 aromatic rings. The number of hydrogen-bond acceptors (Lipinski definition) is 2. The van der Waals surface area contributed by atoms with Crippen molar-refractivity contribution in [2.24, 2.45) is 0 Å². The van der Waals surface area contributed by atoms with Crippen LogP contribution in [0.2, 0.25) is 0 Å². The Morgan fingerprint density at radius 1 is 1.42 bits per heavy atom. The minimum Gasteiger partial charge on any atom is -0.331 e. The number of hydrogen-bond donors (Lipinski definition) is 0. The molecule has 0 saturated carbocycles. The molecule has 64 valence electrons. The van der Waals surface area contributed by atoms with E-state index in [-0.39, 0.29) is 0 Å². The van der Waals surface area contributed by atoms with Gasteiger partial charge in [0.05, 0.1) is 12.1 Å². The maximum absolute atomic E-state index is 11.1. The van der Waals surface area contributed by atoms with E-state index in [9.17, 15) is 4.79 Å². The number of nitrogens with zero attached hydrogens (tertiary/aromatic N) is 2. The summed E-state index contributed by atoms with van der Waals surface area (Å²) in [6.07, 6.45) is 1.19. The van der Waals surface area contributed by atoms with Crippen LogP contribution in [0.25, 0.3) is 0 Å². The van der Waals surface area contributed by atoms with E-state index in [1.807, 2.05) is 6.92 Å². The van der Waals surface area contributed by atoms with Gasteiger partial charge in [0.15, 0.2) is 0 Å². The molecule has 3 heteroatoms. The van der Waals surface area contributed by atoms with E-state index in [4.69, 9.17) is 0 Å². The fourth-order valence-corrected chi connectivity index (χ4v) is 1.66. The van der Waals surface area contributed by atoms with Gasteiger partial charge in [0.2, 0.25) is 0 Å². The van der Waals surface area contributed by atoms with Crippen LogP contribution in [0.3, 0.4) is 0 Å². The van der Waals surface area contributed by atoms with Crippen LogP contribution in [0.4, 0.5) is 0 Å². The number of Topliss-reactive ketones (excluding diaryl/α,β-unsaturated/α-hetero) is 1. The fraction of sp³-hybridized carbons (Fsp3) is 0.556. The van der Waals surface area contributed by atoms with Gasteiger partial charge >= 0.3 is 0 Å². The Morgan fingerprint density at radius 3 is 2.92 bits per heavy atom. The standard InChI is InChI=1S/C9H12N2O/c1-6-7(2)11-4-3-8(12)5-9(11)10-6/h3-5H2,1-2H3. The van der Waals surface area contributed by atoms with Gasteiger partial charge in [0.1, 0.15) is 11.6 Å². The number of fused-ring (bicyclic) bond motifs is 1. The molecule has 1 aliphatic rings. The summed E-state index contributed by atoms with van der Waals surface area (Å²) in [5.74, 6) is 1.26. The predicted molar refractivity (Wildman–Crippen MR) is 45.0 cm³/mol. The van der Waals surface area contributed by atoms with Gasteiger partial charge in [-0.05, 0) is 13.8 Å². The van der Waals surface area contributed by atoms with Gasteiger partial charge < -0.3 is 4.57 Å². The molecule has 12 heavy (non-hydrogen) atoms. The van der Waals surface area contributed by atoms with E-state index >= 15 is 0 Å². The summed E-state index contributed by atoms with van der Waals surface area (Å²) in [5, 5.41) is 0. The maximum Gasteiger partial charge on any atom is 0.142 e. The molecule has 1 aliphatic heterocycles. The van der Waals surface area contributed by atoms with Crippen LogP contribution in [0.1, 0.15) is 23.6 Å². The Hall–Kier alpha value is -1.12. The Kier molecular flexibility index (Phi) is 1.53. The smallest absolute Gasteiger partial charge is 0.142 e. The van der Waals surface area contributed by atoms with Crippen LogP contribution in [-0.2, 0) is 17.8 Å². The molecule has 0 unspecified atom stereocenters. The molecule has 0 N–H and O–H groups in total. The Morgan fingerprint density at radius 2 is 2.17 bits per heavy atom. The zero-order valence-corrected chi connectivity index (χ0v) is 7.42. The second-order valence-electron chi connectivity index (χ2n) is 3.32. The Bertz CT molecular complexity index is 339. The molecule has 0 bridgehead atoms. The summed E-state index contributed by atoms with van der Waals surface area (Å²) in [6, 6.07) is 0. The number of aryl methyl sites for hydroxylation is 1. The van der Waals surface area contributed by atoms with Crippen LogP contribution < -0.4 is 0 Å². The third-order valence-electron chi connectivity index (χ3n) is 2.51. The third kappa shape index (κ3) is 0.967. The number of ketones is 1. The average Bonchev–Trinajstić information content (AvgIpc) is 2.28. The van der Waals surface area contributed by atoms with Gasteiger partial charge in [-0.1, -0.05) is 0 Å². The molecule has 0 aromatic carbocycles. The summed E-state index contributed by atoms with van der Waals surface area (Å²) in [6.45, 7) is 4.87. The average molecular weight is 164 g/mol. The van der Waals surface area contributed by atoms with Gasteiger partial charge in [-0.25, -0.2) is 4.98 Å². The van der Waals surface area contributed by atoms with Gasteiger partial charge in [-0.3, -0.25) is 4.79 Å². The zero-order chi connectivity index (χ0) is 8.72. The van der Waals surface area contributed by atoms with Crippen LogP contribution in [0.15, 0.2) is 0 Å². The van der Waals surface area contributed by atoms with Crippen LogP contribution in [0, 0.1) is 13.8 Å². The van der Waals surface area contributed by atoms with Crippen molar-refractivity contribution in [1.29, 1.82) is 0 Å². The number of carbonyl (C=O) groups excluding carboxylic acids is 1. The molecule has 2 heterocycles. The molecule has 3 nitrogen and oxygen atoms in total. The summed E-state index contributed by atoms with van der Waals surface area (Å²) >= 11 is 0. The van der Waals surface area contributed by atoms with E-state index in [0.717, 1.165) is 18.1 Å². The van der Waals surface area contributed by atoms with Gasteiger partial charge in [0, 0.05) is 18.7 Å². The van der Waals surface area contributed by atoms with Crippen molar-refractivity contribution in [1.82, 2.24) is 9.55 Å². The lowest BCUT2D eigenvalue weighted by Gasteiger charge is -2.13. The van der Waals surface area contributed by atoms with Crippen molar-refractivity contribution < 1.29 is 4.79 Å². The predicted octanol–water partition coefficient (Wildman–Crippen LogP) is 1.02. The molecular formula is C9H12N2O. The molecule has 0 saturated heterocycles. The monoisotopic (exact) mass is 164 g/mol. The van der Waals surface area contributed by atoms with Crippen molar-refractivity contribution in [3.8, 4) is 0 Å². The van der Waals surface area contributed by atoms with E-state index < -0.39 is 0 Å². The maximum atomic E-state index is 11.1. The highest BCUT2D eigenvalue weighted by Gasteiger charge is 2.19. The van der Waals surface area contributed by atoms with Crippen molar-refractivity contribution >= 4 is 5.78 Å². The van der Waals surface area contributed by atoms with E-state index in [2.05, 4.69) is 16.5 Å². The molecule has 0 spiro atoms. The zero-order valence-electron chi connectivity index (χ0n) is 7.42. The summed E-state index contributed by atoms with van der Waals surface area (Å²) < 4.78 is 2.15. The number of aromatic nitrogens is 2.